The molecule has 1 aliphatic rings. The van der Waals surface area contributed by atoms with Crippen molar-refractivity contribution in [3.8, 4) is 11.3 Å². The van der Waals surface area contributed by atoms with E-state index in [9.17, 15) is 9.59 Å². The first-order chi connectivity index (χ1) is 15.1. The van der Waals surface area contributed by atoms with Gasteiger partial charge in [-0.2, -0.15) is 0 Å². The van der Waals surface area contributed by atoms with Gasteiger partial charge in [0.2, 0.25) is 11.1 Å². The summed E-state index contributed by atoms with van der Waals surface area (Å²) in [5.41, 5.74) is 8.72. The number of hydrogen-bond donors (Lipinski definition) is 2. The van der Waals surface area contributed by atoms with Gasteiger partial charge in [-0.15, -0.1) is 21.5 Å². The molecular weight excluding hydrogens is 430 g/mol. The number of hydrogen-bond acceptors (Lipinski definition) is 7. The predicted molar refractivity (Wildman–Crippen MR) is 123 cm³/mol. The molecule has 7 nitrogen and oxygen atoms in total. The Bertz CT molecular complexity index is 1080. The van der Waals surface area contributed by atoms with Crippen molar-refractivity contribution in [2.24, 2.45) is 5.73 Å². The molecule has 0 spiro atoms. The lowest BCUT2D eigenvalue weighted by molar-refractivity contribution is -0.115. The van der Waals surface area contributed by atoms with E-state index in [4.69, 9.17) is 5.73 Å². The van der Waals surface area contributed by atoms with Crippen LogP contribution in [0, 0.1) is 0 Å². The van der Waals surface area contributed by atoms with Gasteiger partial charge in [-0.3, -0.25) is 9.59 Å². The van der Waals surface area contributed by atoms with Crippen molar-refractivity contribution in [1.29, 1.82) is 0 Å². The second-order valence-corrected chi connectivity index (χ2v) is 9.55. The molecule has 1 aromatic carbocycles. The third-order valence-electron chi connectivity index (χ3n) is 5.18. The molecule has 0 saturated carbocycles. The maximum Gasteiger partial charge on any atom is 0.251 e. The lowest BCUT2D eigenvalue weighted by Gasteiger charge is -2.14. The number of nitrogens with zero attached hydrogens (tertiary/aromatic N) is 3. The summed E-state index contributed by atoms with van der Waals surface area (Å²) in [4.78, 5) is 30.6. The van der Waals surface area contributed by atoms with Crippen LogP contribution in [0.5, 0.6) is 0 Å². The number of thioether (sulfide) groups is 1. The van der Waals surface area contributed by atoms with E-state index in [2.05, 4.69) is 20.5 Å². The van der Waals surface area contributed by atoms with E-state index >= 15 is 0 Å². The average molecular weight is 454 g/mol. The summed E-state index contributed by atoms with van der Waals surface area (Å²) < 4.78 is 0. The second-order valence-electron chi connectivity index (χ2n) is 7.28. The number of amides is 2. The number of nitrogens with one attached hydrogen (secondary N) is 1. The van der Waals surface area contributed by atoms with Crippen LogP contribution in [0.1, 0.15) is 47.0 Å². The van der Waals surface area contributed by atoms with Gasteiger partial charge < -0.3 is 11.1 Å². The van der Waals surface area contributed by atoms with Gasteiger partial charge in [0.15, 0.2) is 0 Å². The van der Waals surface area contributed by atoms with Gasteiger partial charge in [-0.1, -0.05) is 49.0 Å². The van der Waals surface area contributed by atoms with Crippen LogP contribution in [0.3, 0.4) is 0 Å². The number of fused-ring (bicyclic) bond motifs is 1. The fourth-order valence-corrected chi connectivity index (χ4v) is 5.70. The quantitative estimate of drug-likeness (QED) is 0.521. The number of thiophene rings is 1. The number of carbonyl (C=O) groups is 2. The summed E-state index contributed by atoms with van der Waals surface area (Å²) in [5.74, 6) is -0.677. The summed E-state index contributed by atoms with van der Waals surface area (Å²) in [6, 6.07) is 9.68. The normalized spacial score (nSPS) is 14.0. The van der Waals surface area contributed by atoms with Crippen LogP contribution >= 0.6 is 23.1 Å². The Kier molecular flexibility index (Phi) is 6.62. The first-order valence-electron chi connectivity index (χ1n) is 10.2. The van der Waals surface area contributed by atoms with Gasteiger partial charge in [0.25, 0.3) is 5.91 Å². The molecule has 160 valence electrons. The van der Waals surface area contributed by atoms with Gasteiger partial charge >= 0.3 is 0 Å². The maximum atomic E-state index is 13.0. The molecular formula is C22H23N5O2S2. The Morgan fingerprint density at radius 3 is 2.65 bits per heavy atom. The minimum Gasteiger partial charge on any atom is -0.365 e. The second kappa shape index (κ2) is 9.57. The van der Waals surface area contributed by atoms with Gasteiger partial charge in [-0.05, 0) is 37.7 Å². The number of aryl methyl sites for hydroxylation is 1. The molecule has 0 radical (unpaired) electrons. The molecule has 0 bridgehead atoms. The molecule has 2 amide bonds. The monoisotopic (exact) mass is 453 g/mol. The number of carbonyl (C=O) groups excluding carboxylic acids is 2. The van der Waals surface area contributed by atoms with Crippen LogP contribution in [0.25, 0.3) is 11.3 Å². The summed E-state index contributed by atoms with van der Waals surface area (Å²) in [6.07, 6.45) is 6.13. The third kappa shape index (κ3) is 4.77. The van der Waals surface area contributed by atoms with E-state index in [1.165, 1.54) is 23.1 Å². The number of anilines is 1. The maximum absolute atomic E-state index is 13.0. The molecule has 31 heavy (non-hydrogen) atoms. The number of primary amides is 1. The Morgan fingerprint density at radius 2 is 1.97 bits per heavy atom. The molecule has 3 aromatic rings. The molecule has 0 aliphatic heterocycles. The average Bonchev–Trinajstić information content (AvgIpc) is 3.16. The highest BCUT2D eigenvalue weighted by Crippen LogP contribution is 2.38. The van der Waals surface area contributed by atoms with E-state index in [0.29, 0.717) is 27.8 Å². The van der Waals surface area contributed by atoms with Crippen molar-refractivity contribution in [3.63, 3.8) is 0 Å². The topological polar surface area (TPSA) is 111 Å². The fourth-order valence-electron chi connectivity index (χ4n) is 3.62. The van der Waals surface area contributed by atoms with E-state index < -0.39 is 11.2 Å². The molecule has 2 aromatic heterocycles. The van der Waals surface area contributed by atoms with Crippen molar-refractivity contribution in [2.75, 3.05) is 5.32 Å². The molecule has 0 saturated heterocycles. The van der Waals surface area contributed by atoms with Crippen LogP contribution < -0.4 is 11.1 Å². The molecule has 9 heteroatoms. The third-order valence-corrected chi connectivity index (χ3v) is 7.61. The minimum atomic E-state index is -0.487. The van der Waals surface area contributed by atoms with Crippen molar-refractivity contribution in [2.45, 2.75) is 49.4 Å². The highest BCUT2D eigenvalue weighted by Gasteiger charge is 2.27. The van der Waals surface area contributed by atoms with E-state index in [0.717, 1.165) is 41.7 Å². The zero-order valence-corrected chi connectivity index (χ0v) is 18.8. The number of nitrogens with two attached hydrogens (primary N) is 1. The fraction of sp³-hybridized carbons (Fsp3) is 0.318. The van der Waals surface area contributed by atoms with Crippen LogP contribution in [-0.4, -0.2) is 32.2 Å². The van der Waals surface area contributed by atoms with Crippen LogP contribution in [0.4, 0.5) is 5.00 Å². The SMILES string of the molecule is CCC(Sc1ncc(-c2ccccc2)nn1)C(=O)Nc1sc2c(c1C(N)=O)CCCC2. The highest BCUT2D eigenvalue weighted by atomic mass is 32.2. The van der Waals surface area contributed by atoms with Crippen molar-refractivity contribution >= 4 is 39.9 Å². The van der Waals surface area contributed by atoms with Crippen LogP contribution in [-0.2, 0) is 17.6 Å². The summed E-state index contributed by atoms with van der Waals surface area (Å²) in [5, 5.41) is 11.9. The van der Waals surface area contributed by atoms with Gasteiger partial charge in [0.1, 0.15) is 10.7 Å². The lowest BCUT2D eigenvalue weighted by atomic mass is 9.95. The standard InChI is InChI=1S/C22H23N5O2S2/c1-2-16(31-22-24-12-15(26-27-22)13-8-4-3-5-9-13)20(29)25-21-18(19(23)28)14-10-6-7-11-17(14)30-21/h3-5,8-9,12,16H,2,6-7,10-11H2,1H3,(H2,23,28)(H,25,29). The first-order valence-corrected chi connectivity index (χ1v) is 11.9. The van der Waals surface area contributed by atoms with Gasteiger partial charge in [-0.25, -0.2) is 4.98 Å². The Morgan fingerprint density at radius 1 is 1.19 bits per heavy atom. The Labute approximate surface area is 188 Å². The summed E-state index contributed by atoms with van der Waals surface area (Å²) in [7, 11) is 0. The number of rotatable bonds is 7. The Balaban J connectivity index is 1.48. The predicted octanol–water partition coefficient (Wildman–Crippen LogP) is 4.09. The molecule has 2 heterocycles. The molecule has 1 aliphatic carbocycles. The largest absolute Gasteiger partial charge is 0.365 e. The molecule has 1 unspecified atom stereocenters. The number of benzene rings is 1. The van der Waals surface area contributed by atoms with E-state index in [-0.39, 0.29) is 5.91 Å². The van der Waals surface area contributed by atoms with Crippen LogP contribution in [0.2, 0.25) is 0 Å². The zero-order chi connectivity index (χ0) is 21.8. The van der Waals surface area contributed by atoms with Crippen molar-refractivity contribution < 1.29 is 9.59 Å². The summed E-state index contributed by atoms with van der Waals surface area (Å²) in [6.45, 7) is 1.93. The number of aromatic nitrogens is 3. The smallest absolute Gasteiger partial charge is 0.251 e. The van der Waals surface area contributed by atoms with Crippen molar-refractivity contribution in [1.82, 2.24) is 15.2 Å². The van der Waals surface area contributed by atoms with E-state index in [1.807, 2.05) is 37.3 Å². The van der Waals surface area contributed by atoms with Gasteiger partial charge in [0.05, 0.1) is 17.0 Å². The summed E-state index contributed by atoms with van der Waals surface area (Å²) >= 11 is 2.73. The van der Waals surface area contributed by atoms with Gasteiger partial charge in [0, 0.05) is 10.4 Å². The first kappa shape index (κ1) is 21.5. The Hall–Kier alpha value is -2.78. The molecule has 4 rings (SSSR count). The minimum absolute atomic E-state index is 0.190. The zero-order valence-electron chi connectivity index (χ0n) is 17.1. The van der Waals surface area contributed by atoms with Crippen molar-refractivity contribution in [3.05, 3.63) is 52.5 Å². The lowest BCUT2D eigenvalue weighted by Crippen LogP contribution is -2.26. The highest BCUT2D eigenvalue weighted by molar-refractivity contribution is 8.00. The molecule has 0 fully saturated rings. The van der Waals surface area contributed by atoms with E-state index in [1.54, 1.807) is 6.20 Å². The molecule has 3 N–H and O–H groups in total. The molecule has 1 atom stereocenters. The van der Waals surface area contributed by atoms with Crippen LogP contribution in [0.15, 0.2) is 41.7 Å².